The molecular formula is C14H17FN2O. The first-order valence-electron chi connectivity index (χ1n) is 6.40. The van der Waals surface area contributed by atoms with Crippen molar-refractivity contribution in [3.63, 3.8) is 0 Å². The third kappa shape index (κ3) is 1.77. The Morgan fingerprint density at radius 3 is 3.22 bits per heavy atom. The first-order valence-corrected chi connectivity index (χ1v) is 6.40. The molecule has 2 heterocycles. The summed E-state index contributed by atoms with van der Waals surface area (Å²) >= 11 is 0. The summed E-state index contributed by atoms with van der Waals surface area (Å²) in [5.41, 5.74) is 2.76. The number of ether oxygens (including phenoxy) is 1. The highest BCUT2D eigenvalue weighted by molar-refractivity contribution is 5.91. The third-order valence-electron chi connectivity index (χ3n) is 3.51. The van der Waals surface area contributed by atoms with Crippen molar-refractivity contribution in [1.82, 2.24) is 10.3 Å². The van der Waals surface area contributed by atoms with Gasteiger partial charge < -0.3 is 15.0 Å². The largest absolute Gasteiger partial charge is 0.492 e. The topological polar surface area (TPSA) is 37.0 Å². The summed E-state index contributed by atoms with van der Waals surface area (Å²) < 4.78 is 19.7. The number of benzene rings is 1. The van der Waals surface area contributed by atoms with Gasteiger partial charge in [-0.25, -0.2) is 4.39 Å². The van der Waals surface area contributed by atoms with E-state index in [1.54, 1.807) is 6.07 Å². The van der Waals surface area contributed by atoms with Gasteiger partial charge in [-0.1, -0.05) is 0 Å². The quantitative estimate of drug-likeness (QED) is 0.875. The Morgan fingerprint density at radius 2 is 2.39 bits per heavy atom. The molecule has 0 bridgehead atoms. The zero-order valence-corrected chi connectivity index (χ0v) is 10.5. The molecule has 0 aliphatic carbocycles. The molecular weight excluding hydrogens is 231 g/mol. The average Bonchev–Trinajstić information content (AvgIpc) is 2.80. The van der Waals surface area contributed by atoms with E-state index < -0.39 is 0 Å². The molecule has 96 valence electrons. The zero-order valence-electron chi connectivity index (χ0n) is 10.5. The highest BCUT2D eigenvalue weighted by Crippen LogP contribution is 2.37. The third-order valence-corrected chi connectivity index (χ3v) is 3.51. The van der Waals surface area contributed by atoms with Gasteiger partial charge in [0.15, 0.2) is 0 Å². The van der Waals surface area contributed by atoms with Crippen LogP contribution in [0, 0.1) is 5.82 Å². The van der Waals surface area contributed by atoms with E-state index in [0.717, 1.165) is 48.0 Å². The highest BCUT2D eigenvalue weighted by atomic mass is 19.1. The lowest BCUT2D eigenvalue weighted by molar-refractivity contribution is 0.288. The minimum absolute atomic E-state index is 0.154. The second-order valence-corrected chi connectivity index (χ2v) is 4.71. The van der Waals surface area contributed by atoms with E-state index in [0.29, 0.717) is 6.61 Å². The molecule has 0 fully saturated rings. The van der Waals surface area contributed by atoms with Gasteiger partial charge in [0.1, 0.15) is 11.6 Å². The van der Waals surface area contributed by atoms with Crippen LogP contribution in [0.3, 0.4) is 0 Å². The van der Waals surface area contributed by atoms with Crippen LogP contribution in [0.1, 0.15) is 17.5 Å². The van der Waals surface area contributed by atoms with Crippen molar-refractivity contribution in [3.8, 4) is 5.75 Å². The summed E-state index contributed by atoms with van der Waals surface area (Å²) in [6.07, 6.45) is 4.54. The number of likely N-dealkylation sites (N-methyl/N-ethyl adjacent to an activating group) is 1. The van der Waals surface area contributed by atoms with E-state index in [9.17, 15) is 4.39 Å². The van der Waals surface area contributed by atoms with Gasteiger partial charge in [0.25, 0.3) is 0 Å². The van der Waals surface area contributed by atoms with E-state index >= 15 is 0 Å². The number of halogens is 1. The average molecular weight is 248 g/mol. The highest BCUT2D eigenvalue weighted by Gasteiger charge is 2.21. The first kappa shape index (κ1) is 11.5. The Labute approximate surface area is 105 Å². The number of fused-ring (bicyclic) bond motifs is 3. The molecule has 0 unspecified atom stereocenters. The van der Waals surface area contributed by atoms with Crippen LogP contribution in [-0.4, -0.2) is 25.2 Å². The molecule has 0 radical (unpaired) electrons. The second kappa shape index (κ2) is 4.61. The standard InChI is InChI=1S/C14H17FN2O/c1-16-5-4-9-8-17-12-7-11(15)10-3-2-6-18-14(10)13(9)12/h7-8,16-17H,2-6H2,1H3. The van der Waals surface area contributed by atoms with Crippen LogP contribution in [-0.2, 0) is 12.8 Å². The lowest BCUT2D eigenvalue weighted by atomic mass is 10.00. The number of H-pyrrole nitrogens is 1. The summed E-state index contributed by atoms with van der Waals surface area (Å²) in [5, 5.41) is 4.19. The van der Waals surface area contributed by atoms with Crippen LogP contribution in [0.5, 0.6) is 5.75 Å². The van der Waals surface area contributed by atoms with Crippen LogP contribution >= 0.6 is 0 Å². The maximum atomic E-state index is 14.0. The lowest BCUT2D eigenvalue weighted by Gasteiger charge is -2.19. The zero-order chi connectivity index (χ0) is 12.5. The summed E-state index contributed by atoms with van der Waals surface area (Å²) in [6.45, 7) is 1.58. The Kier molecular flexibility index (Phi) is 2.96. The van der Waals surface area contributed by atoms with Crippen molar-refractivity contribution in [2.45, 2.75) is 19.3 Å². The Hall–Kier alpha value is -1.55. The smallest absolute Gasteiger partial charge is 0.135 e. The molecule has 0 atom stereocenters. The Balaban J connectivity index is 2.16. The van der Waals surface area contributed by atoms with Crippen molar-refractivity contribution < 1.29 is 9.13 Å². The van der Waals surface area contributed by atoms with Crippen LogP contribution in [0.25, 0.3) is 10.9 Å². The van der Waals surface area contributed by atoms with Gasteiger partial charge >= 0.3 is 0 Å². The molecule has 2 aromatic rings. The van der Waals surface area contributed by atoms with E-state index in [-0.39, 0.29) is 5.82 Å². The van der Waals surface area contributed by atoms with E-state index in [2.05, 4.69) is 10.3 Å². The lowest BCUT2D eigenvalue weighted by Crippen LogP contribution is -2.12. The molecule has 2 N–H and O–H groups in total. The second-order valence-electron chi connectivity index (χ2n) is 4.71. The molecule has 1 aromatic heterocycles. The fourth-order valence-corrected chi connectivity index (χ4v) is 2.61. The number of rotatable bonds is 3. The SMILES string of the molecule is CNCCc1c[nH]c2cc(F)c3c(c12)OCCC3. The molecule has 0 saturated heterocycles. The molecule has 3 rings (SSSR count). The first-order chi connectivity index (χ1) is 8.81. The molecule has 4 heteroatoms. The maximum absolute atomic E-state index is 14.0. The summed E-state index contributed by atoms with van der Waals surface area (Å²) in [6, 6.07) is 1.59. The summed E-state index contributed by atoms with van der Waals surface area (Å²) in [5.74, 6) is 0.600. The van der Waals surface area contributed by atoms with Gasteiger partial charge in [-0.05, 0) is 44.5 Å². The number of nitrogens with one attached hydrogen (secondary N) is 2. The molecule has 18 heavy (non-hydrogen) atoms. The summed E-state index contributed by atoms with van der Waals surface area (Å²) in [7, 11) is 1.93. The molecule has 3 nitrogen and oxygen atoms in total. The van der Waals surface area contributed by atoms with Crippen LogP contribution in [0.2, 0.25) is 0 Å². The fourth-order valence-electron chi connectivity index (χ4n) is 2.61. The van der Waals surface area contributed by atoms with Crippen molar-refractivity contribution in [1.29, 1.82) is 0 Å². The van der Waals surface area contributed by atoms with Gasteiger partial charge in [0.2, 0.25) is 0 Å². The van der Waals surface area contributed by atoms with Crippen LogP contribution in [0.15, 0.2) is 12.3 Å². The molecule has 1 aromatic carbocycles. The monoisotopic (exact) mass is 248 g/mol. The number of hydrogen-bond acceptors (Lipinski definition) is 2. The molecule has 1 aliphatic rings. The maximum Gasteiger partial charge on any atom is 0.135 e. The van der Waals surface area contributed by atoms with Crippen LogP contribution in [0.4, 0.5) is 4.39 Å². The van der Waals surface area contributed by atoms with E-state index in [4.69, 9.17) is 4.74 Å². The van der Waals surface area contributed by atoms with Crippen molar-refractivity contribution >= 4 is 10.9 Å². The number of aromatic nitrogens is 1. The van der Waals surface area contributed by atoms with Gasteiger partial charge in [-0.3, -0.25) is 0 Å². The molecule has 1 aliphatic heterocycles. The Morgan fingerprint density at radius 1 is 1.50 bits per heavy atom. The van der Waals surface area contributed by atoms with Crippen LogP contribution < -0.4 is 10.1 Å². The van der Waals surface area contributed by atoms with Crippen molar-refractivity contribution in [2.75, 3.05) is 20.2 Å². The molecule has 0 amide bonds. The minimum Gasteiger partial charge on any atom is -0.492 e. The predicted molar refractivity (Wildman–Crippen MR) is 69.7 cm³/mol. The van der Waals surface area contributed by atoms with E-state index in [1.807, 2.05) is 13.2 Å². The molecule has 0 saturated carbocycles. The normalized spacial score (nSPS) is 14.6. The van der Waals surface area contributed by atoms with Gasteiger partial charge in [0, 0.05) is 17.1 Å². The van der Waals surface area contributed by atoms with E-state index in [1.165, 1.54) is 5.56 Å². The Bertz CT molecular complexity index is 577. The van der Waals surface area contributed by atoms with Gasteiger partial charge in [0.05, 0.1) is 12.1 Å². The molecule has 0 spiro atoms. The van der Waals surface area contributed by atoms with Gasteiger partial charge in [-0.2, -0.15) is 0 Å². The minimum atomic E-state index is -0.154. The van der Waals surface area contributed by atoms with Crippen molar-refractivity contribution in [2.24, 2.45) is 0 Å². The fraction of sp³-hybridized carbons (Fsp3) is 0.429. The predicted octanol–water partition coefficient (Wildman–Crippen LogP) is 2.39. The van der Waals surface area contributed by atoms with Crippen molar-refractivity contribution in [3.05, 3.63) is 29.2 Å². The number of aromatic amines is 1. The van der Waals surface area contributed by atoms with Gasteiger partial charge in [-0.15, -0.1) is 0 Å². The number of hydrogen-bond donors (Lipinski definition) is 2. The summed E-state index contributed by atoms with van der Waals surface area (Å²) in [4.78, 5) is 3.14.